The van der Waals surface area contributed by atoms with E-state index in [1.54, 1.807) is 60.7 Å². The molecule has 0 aromatic heterocycles. The van der Waals surface area contributed by atoms with E-state index in [1.165, 1.54) is 0 Å². The molecule has 1 heterocycles. The van der Waals surface area contributed by atoms with Crippen LogP contribution in [0.2, 0.25) is 0 Å². The van der Waals surface area contributed by atoms with E-state index in [1.807, 2.05) is 0 Å². The van der Waals surface area contributed by atoms with Crippen molar-refractivity contribution in [1.29, 1.82) is 0 Å². The molecule has 0 radical (unpaired) electrons. The molecular formula is C16H15F4O4P. The maximum atomic E-state index is 15.3. The van der Waals surface area contributed by atoms with Crippen molar-refractivity contribution in [3.05, 3.63) is 71.8 Å². The molecule has 1 fully saturated rings. The number of rotatable bonds is 4. The molecule has 0 bridgehead atoms. The Morgan fingerprint density at radius 2 is 1.24 bits per heavy atom. The van der Waals surface area contributed by atoms with E-state index < -0.39 is 26.4 Å². The second-order valence-corrected chi connectivity index (χ2v) is 7.73. The average molecular weight is 378 g/mol. The van der Waals surface area contributed by atoms with E-state index in [0.29, 0.717) is 11.1 Å². The summed E-state index contributed by atoms with van der Waals surface area (Å²) < 4.78 is 71.9. The van der Waals surface area contributed by atoms with Crippen molar-refractivity contribution in [1.82, 2.24) is 0 Å². The molecule has 0 N–H and O–H groups in total. The van der Waals surface area contributed by atoms with Gasteiger partial charge in [-0.05, 0) is 0 Å². The summed E-state index contributed by atoms with van der Waals surface area (Å²) in [7, 11) is -5.63. The molecule has 3 rings (SSSR count). The van der Waals surface area contributed by atoms with Gasteiger partial charge in [0, 0.05) is 0 Å². The molecule has 0 amide bonds. The maximum absolute atomic E-state index is 15.3. The van der Waals surface area contributed by atoms with Crippen LogP contribution >= 0.6 is 7.82 Å². The first kappa shape index (κ1) is 18.2. The molecule has 9 heteroatoms. The summed E-state index contributed by atoms with van der Waals surface area (Å²) in [4.78, 5) is 0. The van der Waals surface area contributed by atoms with E-state index >= 15 is 4.20 Å². The topological polar surface area (TPSA) is 36.9 Å². The predicted molar refractivity (Wildman–Crippen MR) is 82.7 cm³/mol. The van der Waals surface area contributed by atoms with Gasteiger partial charge in [0.15, 0.2) is 0 Å². The summed E-state index contributed by atoms with van der Waals surface area (Å²) in [6, 6.07) is 16.4. The summed E-state index contributed by atoms with van der Waals surface area (Å²) in [5, 5.41) is 0. The van der Waals surface area contributed by atoms with Gasteiger partial charge in [0.05, 0.1) is 0 Å². The molecule has 136 valence electrons. The van der Waals surface area contributed by atoms with Crippen LogP contribution in [0, 0.1) is 0 Å². The predicted octanol–water partition coefficient (Wildman–Crippen LogP) is 5.80. The van der Waals surface area contributed by atoms with Gasteiger partial charge in [-0.1, -0.05) is 0 Å². The van der Waals surface area contributed by atoms with E-state index in [-0.39, 0.29) is 0 Å². The Kier molecular flexibility index (Phi) is 4.59. The zero-order valence-corrected chi connectivity index (χ0v) is 13.9. The van der Waals surface area contributed by atoms with Gasteiger partial charge in [0.2, 0.25) is 0 Å². The first-order chi connectivity index (χ1) is 11.7. The molecule has 25 heavy (non-hydrogen) atoms. The third-order valence-electron chi connectivity index (χ3n) is 3.64. The summed E-state index contributed by atoms with van der Waals surface area (Å²) in [6.07, 6.45) is -7.68. The Labute approximate surface area is 141 Å². The van der Waals surface area contributed by atoms with Gasteiger partial charge >= 0.3 is 141 Å². The first-order valence-corrected chi connectivity index (χ1v) is 9.08. The van der Waals surface area contributed by atoms with Crippen LogP contribution < -0.4 is 0 Å². The standard InChI is InChI=1S/C16H15F4O4P/c1-21-25(20,24-16(17,18)19)22-14(12-8-4-2-5-9-12)15(23-25)13-10-6-3-7-11-13/h2-11,14-15H,1H3. The number of halogens is 4. The van der Waals surface area contributed by atoms with Crippen LogP contribution in [0.25, 0.3) is 0 Å². The Bertz CT molecular complexity index is 678. The van der Waals surface area contributed by atoms with E-state index in [4.69, 9.17) is 9.05 Å². The first-order valence-electron chi connectivity index (χ1n) is 7.28. The zero-order chi connectivity index (χ0) is 18.2. The Hall–Kier alpha value is -1.57. The number of benzene rings is 2. The van der Waals surface area contributed by atoms with Crippen LogP contribution in [-0.2, 0) is 18.1 Å². The molecule has 0 saturated carbocycles. The van der Waals surface area contributed by atoms with E-state index in [0.717, 1.165) is 7.11 Å². The number of hydrogen-bond donors (Lipinski definition) is 0. The van der Waals surface area contributed by atoms with Crippen molar-refractivity contribution in [2.75, 3.05) is 7.11 Å². The number of alkyl halides is 3. The van der Waals surface area contributed by atoms with Gasteiger partial charge in [-0.2, -0.15) is 0 Å². The van der Waals surface area contributed by atoms with Crippen molar-refractivity contribution >= 4 is 7.82 Å². The molecule has 1 aliphatic heterocycles. The molecule has 2 aromatic carbocycles. The van der Waals surface area contributed by atoms with Gasteiger partial charge in [0.25, 0.3) is 0 Å². The monoisotopic (exact) mass is 378 g/mol. The Balaban J connectivity index is 2.06. The quantitative estimate of drug-likeness (QED) is 0.498. The van der Waals surface area contributed by atoms with Crippen LogP contribution in [0.15, 0.2) is 60.7 Å². The fraction of sp³-hybridized carbons (Fsp3) is 0.250. The van der Waals surface area contributed by atoms with Crippen LogP contribution in [0.5, 0.6) is 0 Å². The molecule has 2 atom stereocenters. The number of hydrogen-bond acceptors (Lipinski definition) is 4. The van der Waals surface area contributed by atoms with Gasteiger partial charge in [-0.3, -0.25) is 0 Å². The molecule has 1 saturated heterocycles. The minimum absolute atomic E-state index is 0.434. The van der Waals surface area contributed by atoms with Crippen molar-refractivity contribution in [3.8, 4) is 0 Å². The van der Waals surface area contributed by atoms with Gasteiger partial charge in [-0.15, -0.1) is 0 Å². The summed E-state index contributed by atoms with van der Waals surface area (Å²) in [5.41, 5.74) is 0.867. The fourth-order valence-electron chi connectivity index (χ4n) is 2.59. The van der Waals surface area contributed by atoms with E-state index in [9.17, 15) is 13.2 Å². The normalized spacial score (nSPS) is 26.7. The van der Waals surface area contributed by atoms with Crippen LogP contribution in [0.1, 0.15) is 23.3 Å². The van der Waals surface area contributed by atoms with Crippen molar-refractivity contribution in [3.63, 3.8) is 0 Å². The minimum atomic E-state index is -6.35. The second-order valence-electron chi connectivity index (χ2n) is 5.32. The third-order valence-corrected chi connectivity index (χ3v) is 5.85. The molecule has 1 aliphatic rings. The van der Waals surface area contributed by atoms with Crippen molar-refractivity contribution < 1.29 is 35.5 Å². The Morgan fingerprint density at radius 1 is 0.840 bits per heavy atom. The SMILES string of the molecule is COP1(F)(OC(F)(F)F)OC(c2ccccc2)C(c2ccccc2)O1. The van der Waals surface area contributed by atoms with Crippen LogP contribution in [0.4, 0.5) is 17.4 Å². The van der Waals surface area contributed by atoms with Crippen molar-refractivity contribution in [2.45, 2.75) is 18.6 Å². The molecule has 4 nitrogen and oxygen atoms in total. The van der Waals surface area contributed by atoms with Gasteiger partial charge < -0.3 is 0 Å². The summed E-state index contributed by atoms with van der Waals surface area (Å²) in [5.74, 6) is 0. The van der Waals surface area contributed by atoms with Gasteiger partial charge in [-0.25, -0.2) is 0 Å². The fourth-order valence-corrected chi connectivity index (χ4v) is 4.50. The molecular weight excluding hydrogens is 363 g/mol. The Morgan fingerprint density at radius 3 is 1.56 bits per heavy atom. The average Bonchev–Trinajstić information content (AvgIpc) is 2.90. The van der Waals surface area contributed by atoms with Gasteiger partial charge in [0.1, 0.15) is 0 Å². The molecule has 0 spiro atoms. The summed E-state index contributed by atoms with van der Waals surface area (Å²) in [6.45, 7) is 0. The van der Waals surface area contributed by atoms with Crippen LogP contribution in [-0.4, -0.2) is 13.5 Å². The summed E-state index contributed by atoms with van der Waals surface area (Å²) >= 11 is 0. The van der Waals surface area contributed by atoms with Crippen molar-refractivity contribution in [2.24, 2.45) is 0 Å². The molecule has 2 unspecified atom stereocenters. The molecule has 2 aromatic rings. The zero-order valence-electron chi connectivity index (χ0n) is 13.0. The second kappa shape index (κ2) is 6.30. The van der Waals surface area contributed by atoms with Crippen LogP contribution in [0.3, 0.4) is 0 Å². The third kappa shape index (κ3) is 3.83. The van der Waals surface area contributed by atoms with E-state index in [2.05, 4.69) is 9.05 Å². The molecule has 0 aliphatic carbocycles.